The molecule has 0 aromatic heterocycles. The van der Waals surface area contributed by atoms with Crippen LogP contribution in [0.2, 0.25) is 0 Å². The third-order valence-corrected chi connectivity index (χ3v) is 6.52. The van der Waals surface area contributed by atoms with Crippen molar-refractivity contribution >= 4 is 47.6 Å². The molecule has 1 aromatic rings. The van der Waals surface area contributed by atoms with Crippen molar-refractivity contribution < 1.29 is 9.53 Å². The second-order valence-corrected chi connectivity index (χ2v) is 9.06. The van der Waals surface area contributed by atoms with Gasteiger partial charge in [-0.2, -0.15) is 0 Å². The molecule has 176 valence electrons. The average Bonchev–Trinajstić information content (AvgIpc) is 2.76. The zero-order chi connectivity index (χ0) is 21.8. The van der Waals surface area contributed by atoms with Gasteiger partial charge in [-0.15, -0.1) is 35.7 Å². The van der Waals surface area contributed by atoms with E-state index < -0.39 is 0 Å². The van der Waals surface area contributed by atoms with Crippen LogP contribution in [0.5, 0.6) is 0 Å². The number of hydrogen-bond donors (Lipinski definition) is 2. The number of likely N-dealkylation sites (N-methyl/N-ethyl adjacent to an activating group) is 1. The summed E-state index contributed by atoms with van der Waals surface area (Å²) in [6, 6.07) is 10.7. The van der Waals surface area contributed by atoms with Crippen LogP contribution in [0, 0.1) is 5.92 Å². The van der Waals surface area contributed by atoms with Crippen LogP contribution in [0.1, 0.15) is 39.5 Å². The molecule has 2 atom stereocenters. The summed E-state index contributed by atoms with van der Waals surface area (Å²) in [7, 11) is 3.52. The number of halogens is 1. The fourth-order valence-electron chi connectivity index (χ4n) is 3.59. The van der Waals surface area contributed by atoms with Crippen molar-refractivity contribution in [3.8, 4) is 0 Å². The van der Waals surface area contributed by atoms with Gasteiger partial charge in [-0.25, -0.2) is 4.99 Å². The lowest BCUT2D eigenvalue weighted by molar-refractivity contribution is -0.127. The van der Waals surface area contributed by atoms with Gasteiger partial charge in [0.25, 0.3) is 0 Å². The van der Waals surface area contributed by atoms with E-state index in [0.717, 1.165) is 44.6 Å². The first-order valence-corrected chi connectivity index (χ1v) is 12.1. The zero-order valence-electron chi connectivity index (χ0n) is 19.3. The van der Waals surface area contributed by atoms with Crippen molar-refractivity contribution in [2.24, 2.45) is 10.9 Å². The maximum absolute atomic E-state index is 12.0. The molecule has 1 aliphatic rings. The SMILES string of the molecule is CCC(CC)C1CC(NC(=NCC(=O)N(C)C)NCCSc2ccccc2)CCO1.I. The summed E-state index contributed by atoms with van der Waals surface area (Å²) < 4.78 is 6.05. The number of hydrogen-bond acceptors (Lipinski definition) is 4. The van der Waals surface area contributed by atoms with Crippen molar-refractivity contribution in [2.45, 2.75) is 56.6 Å². The maximum atomic E-state index is 12.0. The average molecular weight is 563 g/mol. The number of rotatable bonds is 10. The summed E-state index contributed by atoms with van der Waals surface area (Å²) in [4.78, 5) is 19.4. The lowest BCUT2D eigenvalue weighted by Crippen LogP contribution is -2.49. The molecule has 0 saturated carbocycles. The number of guanidine groups is 1. The quantitative estimate of drug-likeness (QED) is 0.148. The maximum Gasteiger partial charge on any atom is 0.243 e. The molecule has 1 aromatic carbocycles. The zero-order valence-corrected chi connectivity index (χ0v) is 22.4. The number of nitrogens with one attached hydrogen (secondary N) is 2. The molecule has 1 amide bonds. The van der Waals surface area contributed by atoms with Crippen molar-refractivity contribution in [1.82, 2.24) is 15.5 Å². The van der Waals surface area contributed by atoms with Gasteiger partial charge in [0.15, 0.2) is 5.96 Å². The Hall–Kier alpha value is -1.000. The molecule has 1 saturated heterocycles. The molecule has 2 unspecified atom stereocenters. The first-order valence-electron chi connectivity index (χ1n) is 11.1. The Morgan fingerprint density at radius 3 is 2.61 bits per heavy atom. The topological polar surface area (TPSA) is 66.0 Å². The van der Waals surface area contributed by atoms with Gasteiger partial charge in [0.1, 0.15) is 6.54 Å². The minimum Gasteiger partial charge on any atom is -0.378 e. The second kappa shape index (κ2) is 15.7. The van der Waals surface area contributed by atoms with E-state index in [1.807, 2.05) is 17.8 Å². The number of aliphatic imine (C=N–C) groups is 1. The van der Waals surface area contributed by atoms with Gasteiger partial charge < -0.3 is 20.3 Å². The molecular weight excluding hydrogens is 523 g/mol. The van der Waals surface area contributed by atoms with Crippen LogP contribution in [0.3, 0.4) is 0 Å². The number of thioether (sulfide) groups is 1. The van der Waals surface area contributed by atoms with E-state index in [-0.39, 0.29) is 36.4 Å². The first-order chi connectivity index (χ1) is 14.5. The number of nitrogens with zero attached hydrogens (tertiary/aromatic N) is 2. The summed E-state index contributed by atoms with van der Waals surface area (Å²) in [5, 5.41) is 6.97. The van der Waals surface area contributed by atoms with Gasteiger partial charge in [-0.3, -0.25) is 4.79 Å². The minimum atomic E-state index is -0.00311. The Bertz CT molecular complexity index is 656. The van der Waals surface area contributed by atoms with Gasteiger partial charge in [0.05, 0.1) is 6.10 Å². The predicted octanol–water partition coefficient (Wildman–Crippen LogP) is 4.00. The number of carbonyl (C=O) groups excluding carboxylic acids is 1. The van der Waals surface area contributed by atoms with E-state index in [1.54, 1.807) is 19.0 Å². The molecule has 0 spiro atoms. The number of benzene rings is 1. The molecule has 1 aliphatic heterocycles. The van der Waals surface area contributed by atoms with Gasteiger partial charge in [0, 0.05) is 43.9 Å². The van der Waals surface area contributed by atoms with Crippen LogP contribution >= 0.6 is 35.7 Å². The highest BCUT2D eigenvalue weighted by atomic mass is 127. The van der Waals surface area contributed by atoms with E-state index in [4.69, 9.17) is 4.74 Å². The number of ether oxygens (including phenoxy) is 1. The van der Waals surface area contributed by atoms with Gasteiger partial charge in [-0.05, 0) is 30.9 Å². The normalized spacial score (nSPS) is 18.9. The van der Waals surface area contributed by atoms with Crippen LogP contribution in [0.15, 0.2) is 40.2 Å². The number of carbonyl (C=O) groups is 1. The molecular formula is C23H39IN4O2S. The highest BCUT2D eigenvalue weighted by Crippen LogP contribution is 2.25. The Labute approximate surface area is 209 Å². The monoisotopic (exact) mass is 562 g/mol. The van der Waals surface area contributed by atoms with E-state index >= 15 is 0 Å². The van der Waals surface area contributed by atoms with Crippen molar-refractivity contribution in [3.63, 3.8) is 0 Å². The van der Waals surface area contributed by atoms with Crippen molar-refractivity contribution in [1.29, 1.82) is 0 Å². The molecule has 0 radical (unpaired) electrons. The molecule has 0 bridgehead atoms. The predicted molar refractivity (Wildman–Crippen MR) is 142 cm³/mol. The van der Waals surface area contributed by atoms with Gasteiger partial charge >= 0.3 is 0 Å². The van der Waals surface area contributed by atoms with E-state index in [2.05, 4.69) is 53.7 Å². The molecule has 2 N–H and O–H groups in total. The number of amides is 1. The van der Waals surface area contributed by atoms with E-state index in [1.165, 1.54) is 4.90 Å². The molecule has 0 aliphatic carbocycles. The molecule has 8 heteroatoms. The van der Waals surface area contributed by atoms with Crippen LogP contribution < -0.4 is 10.6 Å². The lowest BCUT2D eigenvalue weighted by atomic mass is 9.89. The molecule has 2 rings (SSSR count). The summed E-state index contributed by atoms with van der Waals surface area (Å²) in [6.07, 6.45) is 4.51. The van der Waals surface area contributed by atoms with Crippen LogP contribution in [-0.2, 0) is 9.53 Å². The Kier molecular flexibility index (Phi) is 14.2. The smallest absolute Gasteiger partial charge is 0.243 e. The van der Waals surface area contributed by atoms with Gasteiger partial charge in [0.2, 0.25) is 5.91 Å². The van der Waals surface area contributed by atoms with Crippen LogP contribution in [0.25, 0.3) is 0 Å². The lowest BCUT2D eigenvalue weighted by Gasteiger charge is -2.35. The summed E-state index contributed by atoms with van der Waals surface area (Å²) in [6.45, 7) is 6.17. The molecule has 1 fully saturated rings. The second-order valence-electron chi connectivity index (χ2n) is 7.89. The van der Waals surface area contributed by atoms with Crippen LogP contribution in [0.4, 0.5) is 0 Å². The fraction of sp³-hybridized carbons (Fsp3) is 0.652. The highest BCUT2D eigenvalue weighted by Gasteiger charge is 2.28. The Morgan fingerprint density at radius 2 is 1.97 bits per heavy atom. The van der Waals surface area contributed by atoms with Crippen LogP contribution in [-0.4, -0.2) is 68.5 Å². The first kappa shape index (κ1) is 28.0. The highest BCUT2D eigenvalue weighted by molar-refractivity contribution is 14.0. The summed E-state index contributed by atoms with van der Waals surface area (Å²) >= 11 is 1.81. The standard InChI is InChI=1S/C23H38N4O2S.HI/c1-5-18(6-2)21-16-19(12-14-29-21)26-23(25-17-22(28)27(3)4)24-13-15-30-20-10-8-7-9-11-20;/h7-11,18-19,21H,5-6,12-17H2,1-4H3,(H2,24,25,26);1H. The Morgan fingerprint density at radius 1 is 1.26 bits per heavy atom. The fourth-order valence-corrected chi connectivity index (χ4v) is 4.38. The minimum absolute atomic E-state index is 0. The van der Waals surface area contributed by atoms with Gasteiger partial charge in [-0.1, -0.05) is 44.9 Å². The molecule has 1 heterocycles. The Balaban J connectivity index is 0.00000480. The van der Waals surface area contributed by atoms with Crippen molar-refractivity contribution in [3.05, 3.63) is 30.3 Å². The van der Waals surface area contributed by atoms with E-state index in [0.29, 0.717) is 24.0 Å². The van der Waals surface area contributed by atoms with E-state index in [9.17, 15) is 4.79 Å². The largest absolute Gasteiger partial charge is 0.378 e. The third kappa shape index (κ3) is 10.4. The van der Waals surface area contributed by atoms with Crippen molar-refractivity contribution in [2.75, 3.05) is 39.5 Å². The summed E-state index contributed by atoms with van der Waals surface area (Å²) in [5.74, 6) is 2.24. The molecule has 6 nitrogen and oxygen atoms in total. The molecule has 31 heavy (non-hydrogen) atoms. The summed E-state index contributed by atoms with van der Waals surface area (Å²) in [5.41, 5.74) is 0. The third-order valence-electron chi connectivity index (χ3n) is 5.51.